The number of fused-ring (bicyclic) bond motifs is 1. The molecule has 1 amide bonds. The highest BCUT2D eigenvalue weighted by atomic mass is 32.1. The standard InChI is InChI=1S/C22H19FN4O2S2/c23-16-3-1-15(2-4-16)18-5-6-19(31-18)21(29)26-9-7-25(8-10-26)14-17-13-20(28)27-11-12-30-22(27)24-17/h1-6,11-13H,7-10,14H2. The number of carbonyl (C=O) groups is 1. The summed E-state index contributed by atoms with van der Waals surface area (Å²) in [6.45, 7) is 3.31. The van der Waals surface area contributed by atoms with Crippen LogP contribution in [0.4, 0.5) is 4.39 Å². The molecule has 158 valence electrons. The minimum atomic E-state index is -0.273. The summed E-state index contributed by atoms with van der Waals surface area (Å²) >= 11 is 2.87. The fourth-order valence-electron chi connectivity index (χ4n) is 3.68. The maximum absolute atomic E-state index is 13.1. The molecule has 4 aromatic rings. The van der Waals surface area contributed by atoms with E-state index in [1.54, 1.807) is 28.8 Å². The lowest BCUT2D eigenvalue weighted by molar-refractivity contribution is 0.0632. The normalized spacial score (nSPS) is 14.9. The van der Waals surface area contributed by atoms with Gasteiger partial charge < -0.3 is 4.90 Å². The van der Waals surface area contributed by atoms with Gasteiger partial charge in [0.2, 0.25) is 0 Å². The summed E-state index contributed by atoms with van der Waals surface area (Å²) in [5.74, 6) is -0.250. The Labute approximate surface area is 185 Å². The average Bonchev–Trinajstić information content (AvgIpc) is 3.44. The van der Waals surface area contributed by atoms with Crippen molar-refractivity contribution >= 4 is 33.5 Å². The summed E-state index contributed by atoms with van der Waals surface area (Å²) in [5.41, 5.74) is 1.60. The predicted octanol–water partition coefficient (Wildman–Crippen LogP) is 3.58. The van der Waals surface area contributed by atoms with Gasteiger partial charge in [-0.2, -0.15) is 0 Å². The topological polar surface area (TPSA) is 57.9 Å². The number of hydrogen-bond acceptors (Lipinski definition) is 6. The highest BCUT2D eigenvalue weighted by molar-refractivity contribution is 7.17. The van der Waals surface area contributed by atoms with Gasteiger partial charge in [-0.25, -0.2) is 9.37 Å². The third-order valence-corrected chi connectivity index (χ3v) is 7.23. The molecule has 0 bridgehead atoms. The van der Waals surface area contributed by atoms with Gasteiger partial charge in [0.15, 0.2) is 4.96 Å². The van der Waals surface area contributed by atoms with E-state index in [4.69, 9.17) is 0 Å². The lowest BCUT2D eigenvalue weighted by atomic mass is 10.2. The average molecular weight is 455 g/mol. The minimum Gasteiger partial charge on any atom is -0.335 e. The molecule has 5 rings (SSSR count). The first kappa shape index (κ1) is 20.0. The van der Waals surface area contributed by atoms with Crippen LogP contribution in [-0.4, -0.2) is 51.3 Å². The smallest absolute Gasteiger partial charge is 0.264 e. The molecular weight excluding hydrogens is 435 g/mol. The molecule has 0 spiro atoms. The van der Waals surface area contributed by atoms with Crippen LogP contribution in [0.1, 0.15) is 15.4 Å². The van der Waals surface area contributed by atoms with Gasteiger partial charge in [-0.15, -0.1) is 22.7 Å². The molecule has 1 aliphatic heterocycles. The van der Waals surface area contributed by atoms with Crippen molar-refractivity contribution < 1.29 is 9.18 Å². The van der Waals surface area contributed by atoms with Crippen molar-refractivity contribution in [1.82, 2.24) is 19.2 Å². The molecule has 0 saturated carbocycles. The third kappa shape index (κ3) is 4.16. The van der Waals surface area contributed by atoms with E-state index >= 15 is 0 Å². The van der Waals surface area contributed by atoms with Gasteiger partial charge in [0.05, 0.1) is 10.6 Å². The van der Waals surface area contributed by atoms with E-state index < -0.39 is 0 Å². The lowest BCUT2D eigenvalue weighted by Gasteiger charge is -2.34. The minimum absolute atomic E-state index is 0.0226. The van der Waals surface area contributed by atoms with Crippen molar-refractivity contribution in [2.24, 2.45) is 0 Å². The Balaban J connectivity index is 1.21. The molecule has 0 N–H and O–H groups in total. The van der Waals surface area contributed by atoms with Crippen molar-refractivity contribution in [3.63, 3.8) is 0 Å². The lowest BCUT2D eigenvalue weighted by Crippen LogP contribution is -2.48. The number of halogens is 1. The second-order valence-electron chi connectivity index (χ2n) is 7.38. The van der Waals surface area contributed by atoms with Gasteiger partial charge >= 0.3 is 0 Å². The summed E-state index contributed by atoms with van der Waals surface area (Å²) in [5, 5.41) is 1.85. The molecule has 3 aromatic heterocycles. The number of hydrogen-bond donors (Lipinski definition) is 0. The fraction of sp³-hybridized carbons (Fsp3) is 0.227. The highest BCUT2D eigenvalue weighted by Gasteiger charge is 2.24. The van der Waals surface area contributed by atoms with Crippen LogP contribution in [0.2, 0.25) is 0 Å². The van der Waals surface area contributed by atoms with Crippen LogP contribution in [0.15, 0.2) is 58.8 Å². The quantitative estimate of drug-likeness (QED) is 0.473. The fourth-order valence-corrected chi connectivity index (χ4v) is 5.40. The van der Waals surface area contributed by atoms with Crippen LogP contribution in [0.3, 0.4) is 0 Å². The number of thiazole rings is 1. The Morgan fingerprint density at radius 2 is 1.84 bits per heavy atom. The zero-order valence-electron chi connectivity index (χ0n) is 16.5. The van der Waals surface area contributed by atoms with Crippen LogP contribution < -0.4 is 5.56 Å². The van der Waals surface area contributed by atoms with E-state index in [0.29, 0.717) is 29.5 Å². The van der Waals surface area contributed by atoms with Crippen molar-refractivity contribution in [3.05, 3.63) is 80.8 Å². The summed E-state index contributed by atoms with van der Waals surface area (Å²) in [7, 11) is 0. The maximum atomic E-state index is 13.1. The Morgan fingerprint density at radius 1 is 1.06 bits per heavy atom. The van der Waals surface area contributed by atoms with Crippen LogP contribution >= 0.6 is 22.7 Å². The molecule has 31 heavy (non-hydrogen) atoms. The molecule has 1 fully saturated rings. The molecule has 1 saturated heterocycles. The monoisotopic (exact) mass is 454 g/mol. The summed E-state index contributed by atoms with van der Waals surface area (Å²) in [6, 6.07) is 11.6. The Hall–Kier alpha value is -2.88. The summed E-state index contributed by atoms with van der Waals surface area (Å²) in [6.07, 6.45) is 1.73. The van der Waals surface area contributed by atoms with Gasteiger partial charge in [-0.1, -0.05) is 12.1 Å². The van der Waals surface area contributed by atoms with Crippen LogP contribution in [0.25, 0.3) is 15.4 Å². The van der Waals surface area contributed by atoms with E-state index in [2.05, 4.69) is 9.88 Å². The SMILES string of the molecule is O=C(c1ccc(-c2ccc(F)cc2)s1)N1CCN(Cc2cc(=O)n3ccsc3n2)CC1. The zero-order valence-corrected chi connectivity index (χ0v) is 18.2. The van der Waals surface area contributed by atoms with Crippen molar-refractivity contribution in [1.29, 1.82) is 0 Å². The van der Waals surface area contributed by atoms with Crippen LogP contribution in [0, 0.1) is 5.82 Å². The number of benzene rings is 1. The van der Waals surface area contributed by atoms with Gasteiger partial charge in [0, 0.05) is 55.2 Å². The number of rotatable bonds is 4. The van der Waals surface area contributed by atoms with E-state index in [-0.39, 0.29) is 17.3 Å². The van der Waals surface area contributed by atoms with E-state index in [1.807, 2.05) is 22.4 Å². The molecule has 4 heterocycles. The third-order valence-electron chi connectivity index (χ3n) is 5.35. The first-order chi connectivity index (χ1) is 15.1. The van der Waals surface area contributed by atoms with Gasteiger partial charge in [-0.3, -0.25) is 18.9 Å². The van der Waals surface area contributed by atoms with E-state index in [9.17, 15) is 14.0 Å². The van der Waals surface area contributed by atoms with E-state index in [0.717, 1.165) is 29.2 Å². The Morgan fingerprint density at radius 3 is 2.61 bits per heavy atom. The first-order valence-electron chi connectivity index (χ1n) is 9.90. The second kappa shape index (κ2) is 8.33. The molecule has 1 aliphatic rings. The molecule has 0 atom stereocenters. The number of amides is 1. The number of carbonyl (C=O) groups excluding carboxylic acids is 1. The van der Waals surface area contributed by atoms with Gasteiger partial charge in [-0.05, 0) is 29.8 Å². The van der Waals surface area contributed by atoms with Crippen molar-refractivity contribution in [3.8, 4) is 10.4 Å². The Bertz CT molecular complexity index is 1290. The molecule has 1 aromatic carbocycles. The second-order valence-corrected chi connectivity index (χ2v) is 9.34. The Kier molecular flexibility index (Phi) is 5.39. The molecule has 0 aliphatic carbocycles. The van der Waals surface area contributed by atoms with Crippen molar-refractivity contribution in [2.45, 2.75) is 6.54 Å². The summed E-state index contributed by atoms with van der Waals surface area (Å²) < 4.78 is 14.7. The largest absolute Gasteiger partial charge is 0.335 e. The number of thiophene rings is 1. The zero-order chi connectivity index (χ0) is 21.4. The van der Waals surface area contributed by atoms with Gasteiger partial charge in [0.1, 0.15) is 5.82 Å². The molecular formula is C22H19FN4O2S2. The molecule has 0 radical (unpaired) electrons. The number of aromatic nitrogens is 2. The summed E-state index contributed by atoms with van der Waals surface area (Å²) in [4.78, 5) is 36.1. The van der Waals surface area contributed by atoms with E-state index in [1.165, 1.54) is 34.8 Å². The van der Waals surface area contributed by atoms with Crippen LogP contribution in [0.5, 0.6) is 0 Å². The highest BCUT2D eigenvalue weighted by Crippen LogP contribution is 2.29. The molecule has 9 heteroatoms. The van der Waals surface area contributed by atoms with Gasteiger partial charge in [0.25, 0.3) is 11.5 Å². The maximum Gasteiger partial charge on any atom is 0.264 e. The first-order valence-corrected chi connectivity index (χ1v) is 11.6. The number of nitrogens with zero attached hydrogens (tertiary/aromatic N) is 4. The predicted molar refractivity (Wildman–Crippen MR) is 120 cm³/mol. The van der Waals surface area contributed by atoms with Crippen LogP contribution in [-0.2, 0) is 6.54 Å². The number of piperazine rings is 1. The van der Waals surface area contributed by atoms with Crippen molar-refractivity contribution in [2.75, 3.05) is 26.2 Å². The molecule has 6 nitrogen and oxygen atoms in total. The molecule has 0 unspecified atom stereocenters.